The van der Waals surface area contributed by atoms with Gasteiger partial charge in [0, 0.05) is 24.7 Å². The van der Waals surface area contributed by atoms with E-state index >= 15 is 0 Å². The summed E-state index contributed by atoms with van der Waals surface area (Å²) in [6, 6.07) is 0. The predicted octanol–water partition coefficient (Wildman–Crippen LogP) is 12.4. The van der Waals surface area contributed by atoms with Gasteiger partial charge in [0.05, 0.1) is 13.2 Å². The maximum atomic E-state index is 12.6. The van der Waals surface area contributed by atoms with Crippen LogP contribution in [0.1, 0.15) is 214 Å². The lowest BCUT2D eigenvalue weighted by atomic mass is 9.59. The molecule has 2 fully saturated rings. The molecule has 0 amide bonds. The molecule has 2 bridgehead atoms. The number of ether oxygens (including phenoxy) is 3. The van der Waals surface area contributed by atoms with Gasteiger partial charge in [-0.05, 0) is 114 Å². The summed E-state index contributed by atoms with van der Waals surface area (Å²) in [7, 11) is 4.06. The molecule has 54 heavy (non-hydrogen) atoms. The van der Waals surface area contributed by atoms with Crippen molar-refractivity contribution in [1.29, 1.82) is 0 Å². The zero-order valence-electron chi connectivity index (χ0n) is 36.6. The van der Waals surface area contributed by atoms with E-state index in [0.29, 0.717) is 44.3 Å². The summed E-state index contributed by atoms with van der Waals surface area (Å²) in [4.78, 5) is 39.7. The molecule has 0 saturated heterocycles. The quantitative estimate of drug-likeness (QED) is 0.0367. The van der Waals surface area contributed by atoms with Crippen LogP contribution in [0.2, 0.25) is 0 Å². The highest BCUT2D eigenvalue weighted by Crippen LogP contribution is 2.66. The monoisotopic (exact) mass is 762 g/mol. The van der Waals surface area contributed by atoms with Crippen molar-refractivity contribution < 1.29 is 28.6 Å². The summed E-state index contributed by atoms with van der Waals surface area (Å²) in [5, 5.41) is 0. The number of hydrogen-bond donors (Lipinski definition) is 0. The molecule has 2 aliphatic carbocycles. The van der Waals surface area contributed by atoms with E-state index in [1.165, 1.54) is 70.6 Å². The average molecular weight is 762 g/mol. The van der Waals surface area contributed by atoms with Gasteiger partial charge in [-0.2, -0.15) is 0 Å². The van der Waals surface area contributed by atoms with Crippen molar-refractivity contribution in [3.63, 3.8) is 0 Å². The number of fused-ring (bicyclic) bond motifs is 2. The first-order valence-corrected chi connectivity index (χ1v) is 23.1. The fourth-order valence-electron chi connectivity index (χ4n) is 9.42. The molecule has 0 spiro atoms. The molecular formula is C47H87NO6. The lowest BCUT2D eigenvalue weighted by Gasteiger charge is -2.47. The van der Waals surface area contributed by atoms with E-state index in [0.717, 1.165) is 102 Å². The number of unbranched alkanes of at least 4 members (excludes halogenated alkanes) is 12. The van der Waals surface area contributed by atoms with Gasteiger partial charge in [-0.25, -0.2) is 0 Å². The van der Waals surface area contributed by atoms with E-state index in [2.05, 4.69) is 39.5 Å². The third-order valence-corrected chi connectivity index (χ3v) is 13.7. The van der Waals surface area contributed by atoms with Gasteiger partial charge in [-0.1, -0.05) is 125 Å². The van der Waals surface area contributed by atoms with Crippen LogP contribution in [-0.4, -0.2) is 62.8 Å². The summed E-state index contributed by atoms with van der Waals surface area (Å²) < 4.78 is 17.5. The Hall–Kier alpha value is -1.63. The van der Waals surface area contributed by atoms with E-state index in [1.807, 2.05) is 14.1 Å². The Labute approximate surface area is 333 Å². The molecule has 0 aromatic carbocycles. The molecule has 0 N–H and O–H groups in total. The van der Waals surface area contributed by atoms with E-state index in [4.69, 9.17) is 14.2 Å². The number of rotatable bonds is 34. The van der Waals surface area contributed by atoms with Crippen LogP contribution in [0, 0.1) is 28.6 Å². The molecule has 2 saturated carbocycles. The molecule has 7 heteroatoms. The molecule has 4 atom stereocenters. The van der Waals surface area contributed by atoms with Crippen LogP contribution >= 0.6 is 0 Å². The van der Waals surface area contributed by atoms with Crippen LogP contribution in [0.25, 0.3) is 0 Å². The summed E-state index contributed by atoms with van der Waals surface area (Å²) in [6.07, 6.45) is 29.5. The Morgan fingerprint density at radius 2 is 1.09 bits per heavy atom. The standard InChI is InChI=1S/C47H87NO6/c1-8-10-18-25-39(26-19-11-9-2)34-36-52-43(49)29-22-16-12-14-20-27-42(54-45(51)31-24-35-48(6)7)28-21-15-13-17-23-30-44(50)53-38-47(5)41-33-32-40(37-41)46(47,3)4/h39-42H,8-38H2,1-7H3. The molecule has 0 aliphatic heterocycles. The summed E-state index contributed by atoms with van der Waals surface area (Å²) in [6.45, 7) is 13.7. The normalized spacial score (nSPS) is 20.8. The fraction of sp³-hybridized carbons (Fsp3) is 0.936. The first kappa shape index (κ1) is 48.5. The van der Waals surface area contributed by atoms with E-state index in [9.17, 15) is 14.4 Å². The van der Waals surface area contributed by atoms with E-state index in [1.54, 1.807) is 0 Å². The third kappa shape index (κ3) is 19.0. The maximum Gasteiger partial charge on any atom is 0.306 e. The van der Waals surface area contributed by atoms with Crippen molar-refractivity contribution in [3.05, 3.63) is 0 Å². The van der Waals surface area contributed by atoms with E-state index < -0.39 is 0 Å². The van der Waals surface area contributed by atoms with Crippen LogP contribution in [0.15, 0.2) is 0 Å². The molecule has 0 radical (unpaired) electrons. The second kappa shape index (κ2) is 27.9. The van der Waals surface area contributed by atoms with Gasteiger partial charge < -0.3 is 19.1 Å². The Kier molecular flexibility index (Phi) is 25.1. The summed E-state index contributed by atoms with van der Waals surface area (Å²) in [5.41, 5.74) is 0.356. The van der Waals surface area contributed by atoms with Gasteiger partial charge in [0.15, 0.2) is 0 Å². The predicted molar refractivity (Wildman–Crippen MR) is 223 cm³/mol. The second-order valence-electron chi connectivity index (χ2n) is 18.5. The van der Waals surface area contributed by atoms with Crippen LogP contribution in [-0.2, 0) is 28.6 Å². The maximum absolute atomic E-state index is 12.6. The van der Waals surface area contributed by atoms with Crippen LogP contribution in [0.4, 0.5) is 0 Å². The molecule has 0 aromatic rings. The van der Waals surface area contributed by atoms with Crippen molar-refractivity contribution in [3.8, 4) is 0 Å². The second-order valence-corrected chi connectivity index (χ2v) is 18.5. The summed E-state index contributed by atoms with van der Waals surface area (Å²) >= 11 is 0. The Morgan fingerprint density at radius 3 is 1.63 bits per heavy atom. The van der Waals surface area contributed by atoms with Gasteiger partial charge >= 0.3 is 17.9 Å². The van der Waals surface area contributed by atoms with Crippen LogP contribution < -0.4 is 0 Å². The molecular weight excluding hydrogens is 675 g/mol. The highest BCUT2D eigenvalue weighted by molar-refractivity contribution is 5.70. The Morgan fingerprint density at radius 1 is 0.593 bits per heavy atom. The minimum absolute atomic E-state index is 0.0222. The Balaban J connectivity index is 1.59. The number of esters is 3. The number of carbonyl (C=O) groups is 3. The lowest BCUT2D eigenvalue weighted by Crippen LogP contribution is -2.44. The largest absolute Gasteiger partial charge is 0.466 e. The molecule has 2 aliphatic rings. The van der Waals surface area contributed by atoms with E-state index in [-0.39, 0.29) is 34.8 Å². The highest BCUT2D eigenvalue weighted by Gasteiger charge is 2.60. The minimum Gasteiger partial charge on any atom is -0.466 e. The first-order valence-electron chi connectivity index (χ1n) is 23.1. The lowest BCUT2D eigenvalue weighted by molar-refractivity contribution is -0.152. The summed E-state index contributed by atoms with van der Waals surface area (Å²) in [5.74, 6) is 2.01. The molecule has 0 heterocycles. The van der Waals surface area contributed by atoms with Crippen molar-refractivity contribution in [2.75, 3.05) is 33.9 Å². The average Bonchev–Trinajstić information content (AvgIpc) is 3.70. The van der Waals surface area contributed by atoms with Crippen molar-refractivity contribution >= 4 is 17.9 Å². The molecule has 2 rings (SSSR count). The Bertz CT molecular complexity index is 1000. The topological polar surface area (TPSA) is 82.1 Å². The highest BCUT2D eigenvalue weighted by atomic mass is 16.5. The molecule has 0 aromatic heterocycles. The number of hydrogen-bond acceptors (Lipinski definition) is 7. The van der Waals surface area contributed by atoms with Crippen molar-refractivity contribution in [1.82, 2.24) is 4.90 Å². The third-order valence-electron chi connectivity index (χ3n) is 13.7. The van der Waals surface area contributed by atoms with Crippen molar-refractivity contribution in [2.45, 2.75) is 221 Å². The smallest absolute Gasteiger partial charge is 0.306 e. The van der Waals surface area contributed by atoms with Crippen LogP contribution in [0.5, 0.6) is 0 Å². The van der Waals surface area contributed by atoms with Crippen molar-refractivity contribution in [2.24, 2.45) is 28.6 Å². The van der Waals surface area contributed by atoms with Gasteiger partial charge in [-0.15, -0.1) is 0 Å². The molecule has 7 nitrogen and oxygen atoms in total. The van der Waals surface area contributed by atoms with Crippen LogP contribution in [0.3, 0.4) is 0 Å². The SMILES string of the molecule is CCCCCC(CCCCC)CCOC(=O)CCCCCCCC(CCCCCCCC(=O)OCC1(C)C2CCC(C2)C1(C)C)OC(=O)CCCN(C)C. The van der Waals surface area contributed by atoms with Gasteiger partial charge in [0.25, 0.3) is 0 Å². The number of nitrogens with zero attached hydrogens (tertiary/aromatic N) is 1. The first-order chi connectivity index (χ1) is 25.9. The zero-order valence-corrected chi connectivity index (χ0v) is 36.6. The zero-order chi connectivity index (χ0) is 39.7. The van der Waals surface area contributed by atoms with Gasteiger partial charge in [-0.3, -0.25) is 14.4 Å². The van der Waals surface area contributed by atoms with Gasteiger partial charge in [0.1, 0.15) is 6.10 Å². The van der Waals surface area contributed by atoms with Gasteiger partial charge in [0.2, 0.25) is 0 Å². The fourth-order valence-corrected chi connectivity index (χ4v) is 9.42. The molecule has 4 unspecified atom stereocenters. The molecule has 316 valence electrons. The minimum atomic E-state index is -0.0743. The number of carbonyl (C=O) groups excluding carboxylic acids is 3.